The van der Waals surface area contributed by atoms with Gasteiger partial charge in [0.2, 0.25) is 0 Å². The predicted octanol–water partition coefficient (Wildman–Crippen LogP) is 6.04. The number of nitrogens with one attached hydrogen (secondary N) is 1. The van der Waals surface area contributed by atoms with Crippen molar-refractivity contribution in [1.29, 1.82) is 0 Å². The smallest absolute Gasteiger partial charge is 0.262 e. The monoisotopic (exact) mass is 458 g/mol. The van der Waals surface area contributed by atoms with Crippen molar-refractivity contribution in [2.24, 2.45) is 0 Å². The molecule has 0 amide bonds. The van der Waals surface area contributed by atoms with Gasteiger partial charge in [0.05, 0.1) is 27.9 Å². The molecule has 30 heavy (non-hydrogen) atoms. The van der Waals surface area contributed by atoms with Gasteiger partial charge in [-0.2, -0.15) is 0 Å². The largest absolute Gasteiger partial charge is 0.497 e. The first kappa shape index (κ1) is 20.7. The summed E-state index contributed by atoms with van der Waals surface area (Å²) in [6.07, 6.45) is 0. The van der Waals surface area contributed by atoms with E-state index in [-0.39, 0.29) is 4.90 Å². The number of thiazole rings is 1. The van der Waals surface area contributed by atoms with Crippen molar-refractivity contribution in [3.05, 3.63) is 70.7 Å². The molecule has 5 nitrogen and oxygen atoms in total. The molecule has 1 N–H and O–H groups in total. The highest BCUT2D eigenvalue weighted by Gasteiger charge is 2.18. The highest BCUT2D eigenvalue weighted by atomic mass is 35.5. The van der Waals surface area contributed by atoms with Crippen molar-refractivity contribution in [2.75, 3.05) is 11.8 Å². The van der Waals surface area contributed by atoms with E-state index in [1.54, 1.807) is 43.6 Å². The molecule has 1 aromatic heterocycles. The molecule has 3 aromatic carbocycles. The van der Waals surface area contributed by atoms with Crippen molar-refractivity contribution in [3.63, 3.8) is 0 Å². The number of fused-ring (bicyclic) bond motifs is 1. The first-order valence-electron chi connectivity index (χ1n) is 9.11. The van der Waals surface area contributed by atoms with Crippen LogP contribution in [0, 0.1) is 13.8 Å². The van der Waals surface area contributed by atoms with Crippen molar-refractivity contribution in [2.45, 2.75) is 18.7 Å². The fourth-order valence-corrected chi connectivity index (χ4v) is 5.76. The zero-order chi connectivity index (χ0) is 21.5. The van der Waals surface area contributed by atoms with Gasteiger partial charge in [-0.05, 0) is 79.6 Å². The lowest BCUT2D eigenvalue weighted by molar-refractivity contribution is 0.415. The molecular weight excluding hydrogens is 440 g/mol. The molecule has 4 rings (SSSR count). The van der Waals surface area contributed by atoms with Gasteiger partial charge in [-0.15, -0.1) is 11.3 Å². The fraction of sp³-hybridized carbons (Fsp3) is 0.136. The summed E-state index contributed by atoms with van der Waals surface area (Å²) in [5, 5.41) is 1.37. The summed E-state index contributed by atoms with van der Waals surface area (Å²) < 4.78 is 34.7. The minimum atomic E-state index is -3.72. The first-order valence-corrected chi connectivity index (χ1v) is 11.8. The molecule has 8 heteroatoms. The van der Waals surface area contributed by atoms with E-state index in [0.29, 0.717) is 16.3 Å². The number of hydrogen-bond donors (Lipinski definition) is 1. The highest BCUT2D eigenvalue weighted by Crippen LogP contribution is 2.34. The van der Waals surface area contributed by atoms with E-state index >= 15 is 0 Å². The van der Waals surface area contributed by atoms with Gasteiger partial charge in [-0.1, -0.05) is 11.6 Å². The Bertz CT molecular complexity index is 1360. The number of methoxy groups -OCH3 is 1. The van der Waals surface area contributed by atoms with E-state index in [9.17, 15) is 8.42 Å². The summed E-state index contributed by atoms with van der Waals surface area (Å²) in [6, 6.07) is 16.1. The van der Waals surface area contributed by atoms with E-state index < -0.39 is 10.0 Å². The average molecular weight is 459 g/mol. The van der Waals surface area contributed by atoms with Crippen LogP contribution in [0.3, 0.4) is 0 Å². The molecule has 4 aromatic rings. The van der Waals surface area contributed by atoms with Gasteiger partial charge in [-0.25, -0.2) is 13.4 Å². The van der Waals surface area contributed by atoms with Crippen LogP contribution in [-0.2, 0) is 10.0 Å². The minimum Gasteiger partial charge on any atom is -0.497 e. The van der Waals surface area contributed by atoms with Crippen molar-refractivity contribution in [3.8, 4) is 16.3 Å². The summed E-state index contributed by atoms with van der Waals surface area (Å²) in [4.78, 5) is 4.89. The summed E-state index contributed by atoms with van der Waals surface area (Å²) in [5.74, 6) is 0.788. The van der Waals surface area contributed by atoms with Gasteiger partial charge in [-0.3, -0.25) is 4.72 Å². The lowest BCUT2D eigenvalue weighted by Gasteiger charge is -2.13. The lowest BCUT2D eigenvalue weighted by atomic mass is 10.1. The summed E-state index contributed by atoms with van der Waals surface area (Å²) >= 11 is 7.51. The molecule has 0 radical (unpaired) electrons. The van der Waals surface area contributed by atoms with Gasteiger partial charge in [0, 0.05) is 10.6 Å². The van der Waals surface area contributed by atoms with Gasteiger partial charge in [0.25, 0.3) is 10.0 Å². The standard InChI is InChI=1S/C22H19ClN2O3S2/c1-13-10-15(22-24-19-8-6-17(28-3)12-20(19)29-22)4-7-18(13)25-30(26,27)21-9-5-16(23)11-14(21)2/h4-12,25H,1-3H3. The zero-order valence-electron chi connectivity index (χ0n) is 16.6. The Labute approximate surface area is 184 Å². The summed E-state index contributed by atoms with van der Waals surface area (Å²) in [7, 11) is -2.09. The second-order valence-corrected chi connectivity index (χ2v) is 10.0. The van der Waals surface area contributed by atoms with Crippen LogP contribution >= 0.6 is 22.9 Å². The second-order valence-electron chi connectivity index (χ2n) is 6.90. The molecule has 0 spiro atoms. The van der Waals surface area contributed by atoms with Gasteiger partial charge in [0.1, 0.15) is 10.8 Å². The SMILES string of the molecule is COc1ccc2nc(-c3ccc(NS(=O)(=O)c4ccc(Cl)cc4C)c(C)c3)sc2c1. The number of benzene rings is 3. The van der Waals surface area contributed by atoms with Gasteiger partial charge in [0.15, 0.2) is 0 Å². The molecule has 0 unspecified atom stereocenters. The maximum absolute atomic E-state index is 12.8. The maximum Gasteiger partial charge on any atom is 0.262 e. The average Bonchev–Trinajstić information content (AvgIpc) is 3.12. The summed E-state index contributed by atoms with van der Waals surface area (Å²) in [6.45, 7) is 3.59. The predicted molar refractivity (Wildman–Crippen MR) is 123 cm³/mol. The van der Waals surface area contributed by atoms with Crippen LogP contribution in [0.2, 0.25) is 5.02 Å². The van der Waals surface area contributed by atoms with Crippen LogP contribution in [0.1, 0.15) is 11.1 Å². The van der Waals surface area contributed by atoms with Gasteiger partial charge < -0.3 is 4.74 Å². The molecule has 0 atom stereocenters. The normalized spacial score (nSPS) is 11.6. The van der Waals surface area contributed by atoms with Gasteiger partial charge >= 0.3 is 0 Å². The second kappa shape index (κ2) is 7.91. The minimum absolute atomic E-state index is 0.204. The van der Waals surface area contributed by atoms with E-state index in [2.05, 4.69) is 9.71 Å². The Morgan fingerprint density at radius 3 is 2.50 bits per heavy atom. The molecule has 1 heterocycles. The molecule has 0 fully saturated rings. The number of aromatic nitrogens is 1. The van der Waals surface area contributed by atoms with Crippen LogP contribution in [0.4, 0.5) is 5.69 Å². The molecule has 0 saturated heterocycles. The fourth-order valence-electron chi connectivity index (χ4n) is 3.18. The number of rotatable bonds is 5. The number of sulfonamides is 1. The number of anilines is 1. The first-order chi connectivity index (χ1) is 14.3. The molecule has 0 aliphatic heterocycles. The molecule has 0 aliphatic carbocycles. The topological polar surface area (TPSA) is 68.3 Å². The van der Waals surface area contributed by atoms with Crippen LogP contribution in [0.15, 0.2) is 59.5 Å². The highest BCUT2D eigenvalue weighted by molar-refractivity contribution is 7.92. The quantitative estimate of drug-likeness (QED) is 0.395. The Morgan fingerprint density at radius 2 is 1.80 bits per heavy atom. The van der Waals surface area contributed by atoms with E-state index in [0.717, 1.165) is 32.1 Å². The Balaban J connectivity index is 1.65. The molecular formula is C22H19ClN2O3S2. The van der Waals surface area contributed by atoms with E-state index in [1.807, 2.05) is 37.3 Å². The Hall–Kier alpha value is -2.61. The van der Waals surface area contributed by atoms with Crippen molar-refractivity contribution >= 4 is 48.9 Å². The molecule has 0 bridgehead atoms. The third kappa shape index (κ3) is 4.01. The van der Waals surface area contributed by atoms with Crippen LogP contribution in [0.5, 0.6) is 5.75 Å². The van der Waals surface area contributed by atoms with E-state index in [1.165, 1.54) is 6.07 Å². The Morgan fingerprint density at radius 1 is 1.00 bits per heavy atom. The van der Waals surface area contributed by atoms with Crippen LogP contribution in [0.25, 0.3) is 20.8 Å². The molecule has 0 saturated carbocycles. The zero-order valence-corrected chi connectivity index (χ0v) is 19.0. The van der Waals surface area contributed by atoms with Crippen LogP contribution in [-0.4, -0.2) is 20.5 Å². The molecule has 0 aliphatic rings. The number of aryl methyl sites for hydroxylation is 2. The van der Waals surface area contributed by atoms with E-state index in [4.69, 9.17) is 16.3 Å². The summed E-state index contributed by atoms with van der Waals surface area (Å²) in [5.41, 5.74) is 3.75. The van der Waals surface area contributed by atoms with Crippen molar-refractivity contribution in [1.82, 2.24) is 4.98 Å². The molecule has 154 valence electrons. The number of hydrogen-bond acceptors (Lipinski definition) is 5. The Kier molecular flexibility index (Phi) is 5.44. The number of ether oxygens (including phenoxy) is 1. The number of halogens is 1. The number of nitrogens with zero attached hydrogens (tertiary/aromatic N) is 1. The third-order valence-electron chi connectivity index (χ3n) is 4.74. The lowest BCUT2D eigenvalue weighted by Crippen LogP contribution is -2.15. The van der Waals surface area contributed by atoms with Crippen molar-refractivity contribution < 1.29 is 13.2 Å². The third-order valence-corrected chi connectivity index (χ3v) is 7.57. The van der Waals surface area contributed by atoms with Crippen LogP contribution < -0.4 is 9.46 Å². The maximum atomic E-state index is 12.8.